The molecule has 0 spiro atoms. The number of alkyl halides is 3. The molecular weight excluding hydrogens is 237 g/mol. The monoisotopic (exact) mass is 248 g/mol. The zero-order valence-corrected chi connectivity index (χ0v) is 9.01. The van der Waals surface area contributed by atoms with Crippen molar-refractivity contribution in [3.63, 3.8) is 0 Å². The molecule has 5 nitrogen and oxygen atoms in total. The molecule has 0 atom stereocenters. The number of hydrogen-bond donors (Lipinski definition) is 2. The summed E-state index contributed by atoms with van der Waals surface area (Å²) < 4.78 is 39.1. The second-order valence-electron chi connectivity index (χ2n) is 4.14. The van der Waals surface area contributed by atoms with Crippen LogP contribution in [0.15, 0.2) is 6.20 Å². The van der Waals surface area contributed by atoms with Crippen molar-refractivity contribution in [2.45, 2.75) is 24.6 Å². The summed E-state index contributed by atoms with van der Waals surface area (Å²) >= 11 is 0. The van der Waals surface area contributed by atoms with Crippen molar-refractivity contribution in [3.8, 4) is 0 Å². The van der Waals surface area contributed by atoms with E-state index in [1.165, 1.54) is 17.9 Å². The minimum Gasteiger partial charge on any atom is -0.396 e. The number of rotatable bonds is 2. The van der Waals surface area contributed by atoms with E-state index in [0.29, 0.717) is 0 Å². The average Bonchev–Trinajstić information content (AvgIpc) is 2.86. The van der Waals surface area contributed by atoms with E-state index in [1.54, 1.807) is 0 Å². The Labute approximate surface area is 94.8 Å². The van der Waals surface area contributed by atoms with Gasteiger partial charge in [0.1, 0.15) is 5.54 Å². The summed E-state index contributed by atoms with van der Waals surface area (Å²) in [7, 11) is 1.53. The standard InChI is InChI=1S/C9H11F3N4O/c1-16-4-5(13)6(15-16)7(17)14-8(2-3-8)9(10,11)12/h4H,2-3,13H2,1H3,(H,14,17). The second kappa shape index (κ2) is 3.38. The number of nitrogen functional groups attached to an aromatic ring is 1. The fourth-order valence-electron chi connectivity index (χ4n) is 1.56. The van der Waals surface area contributed by atoms with Crippen LogP contribution in [-0.4, -0.2) is 27.4 Å². The minimum atomic E-state index is -4.44. The van der Waals surface area contributed by atoms with E-state index in [9.17, 15) is 18.0 Å². The van der Waals surface area contributed by atoms with Gasteiger partial charge in [0, 0.05) is 13.2 Å². The quantitative estimate of drug-likeness (QED) is 0.814. The van der Waals surface area contributed by atoms with Crippen molar-refractivity contribution >= 4 is 11.6 Å². The first-order valence-corrected chi connectivity index (χ1v) is 4.93. The highest BCUT2D eigenvalue weighted by Gasteiger charge is 2.64. The van der Waals surface area contributed by atoms with Crippen molar-refractivity contribution < 1.29 is 18.0 Å². The van der Waals surface area contributed by atoms with Crippen molar-refractivity contribution in [2.75, 3.05) is 5.73 Å². The number of nitrogens with zero attached hydrogens (tertiary/aromatic N) is 2. The Hall–Kier alpha value is -1.73. The molecule has 1 heterocycles. The summed E-state index contributed by atoms with van der Waals surface area (Å²) in [5, 5.41) is 5.67. The van der Waals surface area contributed by atoms with Gasteiger partial charge in [0.05, 0.1) is 5.69 Å². The van der Waals surface area contributed by atoms with Gasteiger partial charge in [-0.2, -0.15) is 18.3 Å². The van der Waals surface area contributed by atoms with Gasteiger partial charge in [0.25, 0.3) is 5.91 Å². The molecule has 0 unspecified atom stereocenters. The van der Waals surface area contributed by atoms with Crippen LogP contribution in [-0.2, 0) is 7.05 Å². The van der Waals surface area contributed by atoms with E-state index >= 15 is 0 Å². The second-order valence-corrected chi connectivity index (χ2v) is 4.14. The largest absolute Gasteiger partial charge is 0.411 e. The topological polar surface area (TPSA) is 72.9 Å². The van der Waals surface area contributed by atoms with E-state index in [2.05, 4.69) is 5.10 Å². The third-order valence-corrected chi connectivity index (χ3v) is 2.72. The van der Waals surface area contributed by atoms with E-state index in [0.717, 1.165) is 0 Å². The Morgan fingerprint density at radius 1 is 1.59 bits per heavy atom. The van der Waals surface area contributed by atoms with Crippen molar-refractivity contribution in [2.24, 2.45) is 7.05 Å². The van der Waals surface area contributed by atoms with Crippen molar-refractivity contribution in [3.05, 3.63) is 11.9 Å². The minimum absolute atomic E-state index is 0.0583. The molecule has 3 N–H and O–H groups in total. The number of aryl methyl sites for hydroxylation is 1. The molecule has 1 aliphatic carbocycles. The molecule has 17 heavy (non-hydrogen) atoms. The SMILES string of the molecule is Cn1cc(N)c(C(=O)NC2(C(F)(F)F)CC2)n1. The molecule has 1 fully saturated rings. The third kappa shape index (κ3) is 1.94. The summed E-state index contributed by atoms with van der Waals surface area (Å²) in [6.45, 7) is 0. The fraction of sp³-hybridized carbons (Fsp3) is 0.556. The number of nitrogens with one attached hydrogen (secondary N) is 1. The average molecular weight is 248 g/mol. The molecule has 1 aromatic heterocycles. The molecular formula is C9H11F3N4O. The third-order valence-electron chi connectivity index (χ3n) is 2.72. The zero-order valence-electron chi connectivity index (χ0n) is 9.01. The van der Waals surface area contributed by atoms with E-state index < -0.39 is 17.6 Å². The summed E-state index contributed by atoms with van der Waals surface area (Å²) in [5.41, 5.74) is 3.26. The molecule has 1 aromatic rings. The van der Waals surface area contributed by atoms with Crippen LogP contribution in [0.3, 0.4) is 0 Å². The Balaban J connectivity index is 2.16. The number of anilines is 1. The molecule has 0 aliphatic heterocycles. The lowest BCUT2D eigenvalue weighted by atomic mass is 10.2. The lowest BCUT2D eigenvalue weighted by molar-refractivity contribution is -0.163. The van der Waals surface area contributed by atoms with Gasteiger partial charge in [0.15, 0.2) is 5.69 Å². The number of carbonyl (C=O) groups is 1. The van der Waals surface area contributed by atoms with Gasteiger partial charge >= 0.3 is 6.18 Å². The van der Waals surface area contributed by atoms with Crippen LogP contribution in [0.5, 0.6) is 0 Å². The Morgan fingerprint density at radius 3 is 2.53 bits per heavy atom. The molecule has 1 saturated carbocycles. The molecule has 1 aliphatic rings. The number of hydrogen-bond acceptors (Lipinski definition) is 3. The first kappa shape index (κ1) is 11.7. The molecule has 0 aromatic carbocycles. The lowest BCUT2D eigenvalue weighted by Crippen LogP contribution is -2.48. The van der Waals surface area contributed by atoms with E-state index in [-0.39, 0.29) is 24.2 Å². The maximum Gasteiger partial charge on any atom is 0.411 e. The van der Waals surface area contributed by atoms with Crippen LogP contribution >= 0.6 is 0 Å². The van der Waals surface area contributed by atoms with Gasteiger partial charge in [-0.25, -0.2) is 0 Å². The summed E-state index contributed by atoms with van der Waals surface area (Å²) in [6.07, 6.45) is -3.28. The maximum absolute atomic E-state index is 12.6. The Kier molecular flexibility index (Phi) is 2.33. The number of aromatic nitrogens is 2. The van der Waals surface area contributed by atoms with Gasteiger partial charge in [-0.15, -0.1) is 0 Å². The highest BCUT2D eigenvalue weighted by atomic mass is 19.4. The van der Waals surface area contributed by atoms with Gasteiger partial charge in [-0.05, 0) is 12.8 Å². The predicted molar refractivity (Wildman–Crippen MR) is 53.1 cm³/mol. The smallest absolute Gasteiger partial charge is 0.396 e. The van der Waals surface area contributed by atoms with Crippen LogP contribution < -0.4 is 11.1 Å². The van der Waals surface area contributed by atoms with Gasteiger partial charge in [-0.1, -0.05) is 0 Å². The maximum atomic E-state index is 12.6. The Morgan fingerprint density at radius 2 is 2.18 bits per heavy atom. The van der Waals surface area contributed by atoms with Gasteiger partial charge in [0.2, 0.25) is 0 Å². The predicted octanol–water partition coefficient (Wildman–Crippen LogP) is 0.827. The fourth-order valence-corrected chi connectivity index (χ4v) is 1.56. The molecule has 94 valence electrons. The molecule has 8 heteroatoms. The zero-order chi connectivity index (χ0) is 12.8. The first-order valence-electron chi connectivity index (χ1n) is 4.93. The number of nitrogens with two attached hydrogens (primary N) is 1. The summed E-state index contributed by atoms with van der Waals surface area (Å²) in [6, 6.07) is 0. The Bertz CT molecular complexity index is 461. The van der Waals surface area contributed by atoms with Crippen LogP contribution in [0, 0.1) is 0 Å². The van der Waals surface area contributed by atoms with Crippen LogP contribution in [0.1, 0.15) is 23.3 Å². The van der Waals surface area contributed by atoms with Crippen LogP contribution in [0.2, 0.25) is 0 Å². The van der Waals surface area contributed by atoms with E-state index in [1.807, 2.05) is 5.32 Å². The van der Waals surface area contributed by atoms with E-state index in [4.69, 9.17) is 5.73 Å². The lowest BCUT2D eigenvalue weighted by Gasteiger charge is -2.20. The van der Waals surface area contributed by atoms with Crippen molar-refractivity contribution in [1.29, 1.82) is 0 Å². The van der Waals surface area contributed by atoms with Crippen LogP contribution in [0.25, 0.3) is 0 Å². The normalized spacial score (nSPS) is 17.9. The molecule has 1 amide bonds. The van der Waals surface area contributed by atoms with Crippen LogP contribution in [0.4, 0.5) is 18.9 Å². The molecule has 0 radical (unpaired) electrons. The highest BCUT2D eigenvalue weighted by molar-refractivity contribution is 5.97. The number of amides is 1. The number of halogens is 3. The molecule has 2 rings (SSSR count). The van der Waals surface area contributed by atoms with Gasteiger partial charge in [-0.3, -0.25) is 9.48 Å². The molecule has 0 saturated heterocycles. The van der Waals surface area contributed by atoms with Gasteiger partial charge < -0.3 is 11.1 Å². The number of carbonyl (C=O) groups excluding carboxylic acids is 1. The highest BCUT2D eigenvalue weighted by Crippen LogP contribution is 2.49. The summed E-state index contributed by atoms with van der Waals surface area (Å²) in [4.78, 5) is 11.6. The van der Waals surface area contributed by atoms with Crippen molar-refractivity contribution in [1.82, 2.24) is 15.1 Å². The molecule has 0 bridgehead atoms. The summed E-state index contributed by atoms with van der Waals surface area (Å²) in [5.74, 6) is -0.891. The first-order chi connectivity index (χ1) is 7.75.